The first-order valence-corrected chi connectivity index (χ1v) is 10.4. The van der Waals surface area contributed by atoms with Crippen molar-refractivity contribution < 1.29 is 22.7 Å². The lowest BCUT2D eigenvalue weighted by Crippen LogP contribution is -2.35. The largest absolute Gasteiger partial charge is 0.496 e. The number of aromatic nitrogens is 1. The quantitative estimate of drug-likeness (QED) is 0.793. The lowest BCUT2D eigenvalue weighted by atomic mass is 10.2. The van der Waals surface area contributed by atoms with Crippen molar-refractivity contribution in [1.29, 1.82) is 0 Å². The van der Waals surface area contributed by atoms with Crippen LogP contribution in [0.5, 0.6) is 11.5 Å². The van der Waals surface area contributed by atoms with Crippen molar-refractivity contribution in [3.05, 3.63) is 42.1 Å². The molecule has 3 rings (SSSR count). The van der Waals surface area contributed by atoms with Crippen molar-refractivity contribution in [1.82, 2.24) is 9.29 Å². The zero-order chi connectivity index (χ0) is 20.1. The Morgan fingerprint density at radius 2 is 1.79 bits per heavy atom. The monoisotopic (exact) mass is 405 g/mol. The highest BCUT2D eigenvalue weighted by Gasteiger charge is 2.28. The summed E-state index contributed by atoms with van der Waals surface area (Å²) >= 11 is 0. The van der Waals surface area contributed by atoms with Gasteiger partial charge < -0.3 is 14.8 Å². The Morgan fingerprint density at radius 3 is 2.46 bits per heavy atom. The Hall–Kier alpha value is -2.65. The molecule has 0 atom stereocenters. The van der Waals surface area contributed by atoms with Crippen LogP contribution in [0.25, 0.3) is 0 Å². The predicted molar refractivity (Wildman–Crippen MR) is 104 cm³/mol. The Balaban J connectivity index is 1.93. The second-order valence-corrected chi connectivity index (χ2v) is 8.27. The number of anilines is 1. The number of pyridine rings is 1. The summed E-state index contributed by atoms with van der Waals surface area (Å²) in [4.78, 5) is 17.0. The van der Waals surface area contributed by atoms with E-state index in [-0.39, 0.29) is 22.0 Å². The fourth-order valence-electron chi connectivity index (χ4n) is 3.10. The molecule has 1 aromatic carbocycles. The molecular formula is C19H23N3O5S. The van der Waals surface area contributed by atoms with E-state index in [0.717, 1.165) is 19.3 Å². The molecule has 1 saturated heterocycles. The van der Waals surface area contributed by atoms with Crippen LogP contribution in [-0.2, 0) is 10.0 Å². The molecule has 0 aliphatic carbocycles. The first-order valence-electron chi connectivity index (χ1n) is 8.96. The molecule has 1 fully saturated rings. The highest BCUT2D eigenvalue weighted by atomic mass is 32.2. The molecule has 0 bridgehead atoms. The molecule has 28 heavy (non-hydrogen) atoms. The van der Waals surface area contributed by atoms with Crippen LogP contribution in [0.2, 0.25) is 0 Å². The van der Waals surface area contributed by atoms with E-state index in [1.807, 2.05) is 0 Å². The van der Waals surface area contributed by atoms with Gasteiger partial charge in [-0.2, -0.15) is 4.31 Å². The zero-order valence-electron chi connectivity index (χ0n) is 15.8. The van der Waals surface area contributed by atoms with Crippen LogP contribution in [0, 0.1) is 0 Å². The molecule has 1 aliphatic rings. The number of nitrogens with zero attached hydrogens (tertiary/aromatic N) is 2. The normalized spacial score (nSPS) is 15.1. The molecule has 1 amide bonds. The van der Waals surface area contributed by atoms with E-state index in [1.54, 1.807) is 12.1 Å². The lowest BCUT2D eigenvalue weighted by Gasteiger charge is -2.26. The minimum atomic E-state index is -3.67. The summed E-state index contributed by atoms with van der Waals surface area (Å²) in [5.74, 6) is 0.364. The fraction of sp³-hybridized carbons (Fsp3) is 0.368. The van der Waals surface area contributed by atoms with Gasteiger partial charge in [0.25, 0.3) is 5.91 Å². The zero-order valence-corrected chi connectivity index (χ0v) is 16.7. The maximum atomic E-state index is 12.9. The minimum absolute atomic E-state index is 0.0633. The molecule has 8 nitrogen and oxygen atoms in total. The maximum absolute atomic E-state index is 12.9. The Bertz CT molecular complexity index is 956. The van der Waals surface area contributed by atoms with E-state index in [1.165, 1.54) is 42.9 Å². The molecule has 150 valence electrons. The summed E-state index contributed by atoms with van der Waals surface area (Å²) in [5.41, 5.74) is 0.105. The van der Waals surface area contributed by atoms with E-state index >= 15 is 0 Å². The molecule has 0 spiro atoms. The van der Waals surface area contributed by atoms with Crippen molar-refractivity contribution in [3.63, 3.8) is 0 Å². The summed E-state index contributed by atoms with van der Waals surface area (Å²) in [7, 11) is -0.777. The average Bonchev–Trinajstić information content (AvgIpc) is 2.74. The van der Waals surface area contributed by atoms with E-state index in [2.05, 4.69) is 10.3 Å². The van der Waals surface area contributed by atoms with Gasteiger partial charge in [0, 0.05) is 19.3 Å². The van der Waals surface area contributed by atoms with Gasteiger partial charge in [-0.05, 0) is 43.2 Å². The molecule has 9 heteroatoms. The number of sulfonamides is 1. The van der Waals surface area contributed by atoms with Gasteiger partial charge in [-0.25, -0.2) is 13.4 Å². The summed E-state index contributed by atoms with van der Waals surface area (Å²) in [6.45, 7) is 0.974. The summed E-state index contributed by atoms with van der Waals surface area (Å²) < 4.78 is 37.8. The number of benzene rings is 1. The van der Waals surface area contributed by atoms with E-state index in [0.29, 0.717) is 18.8 Å². The summed E-state index contributed by atoms with van der Waals surface area (Å²) in [6.07, 6.45) is 4.21. The smallest absolute Gasteiger partial charge is 0.260 e. The predicted octanol–water partition coefficient (Wildman–Crippen LogP) is 2.53. The van der Waals surface area contributed by atoms with Gasteiger partial charge in [0.05, 0.1) is 24.7 Å². The van der Waals surface area contributed by atoms with E-state index < -0.39 is 15.9 Å². The van der Waals surface area contributed by atoms with E-state index in [9.17, 15) is 13.2 Å². The third-order valence-electron chi connectivity index (χ3n) is 4.59. The van der Waals surface area contributed by atoms with Crippen molar-refractivity contribution >= 4 is 21.7 Å². The Morgan fingerprint density at radius 1 is 1.07 bits per heavy atom. The highest BCUT2D eigenvalue weighted by molar-refractivity contribution is 7.89. The maximum Gasteiger partial charge on any atom is 0.260 e. The molecule has 0 unspecified atom stereocenters. The number of hydrogen-bond donors (Lipinski definition) is 1. The van der Waals surface area contributed by atoms with Crippen LogP contribution >= 0.6 is 0 Å². The topological polar surface area (TPSA) is 97.8 Å². The van der Waals surface area contributed by atoms with E-state index in [4.69, 9.17) is 9.47 Å². The fourth-order valence-corrected chi connectivity index (χ4v) is 4.65. The molecule has 1 N–H and O–H groups in total. The number of ether oxygens (including phenoxy) is 2. The van der Waals surface area contributed by atoms with Gasteiger partial charge in [0.15, 0.2) is 11.6 Å². The Labute approximate surface area is 164 Å². The van der Waals surface area contributed by atoms with Gasteiger partial charge in [0.1, 0.15) is 5.75 Å². The molecule has 1 aromatic heterocycles. The van der Waals surface area contributed by atoms with Crippen LogP contribution in [0.15, 0.2) is 41.4 Å². The van der Waals surface area contributed by atoms with Gasteiger partial charge >= 0.3 is 0 Å². The van der Waals surface area contributed by atoms with Crippen molar-refractivity contribution in [2.45, 2.75) is 24.2 Å². The second-order valence-electron chi connectivity index (χ2n) is 6.34. The highest BCUT2D eigenvalue weighted by Crippen LogP contribution is 2.28. The first kappa shape index (κ1) is 20.1. The van der Waals surface area contributed by atoms with Crippen molar-refractivity contribution in [3.8, 4) is 11.5 Å². The minimum Gasteiger partial charge on any atom is -0.496 e. The van der Waals surface area contributed by atoms with Crippen LogP contribution in [-0.4, -0.2) is 50.9 Å². The number of carbonyl (C=O) groups is 1. The van der Waals surface area contributed by atoms with Crippen molar-refractivity contribution in [2.24, 2.45) is 0 Å². The van der Waals surface area contributed by atoms with Gasteiger partial charge in [-0.1, -0.05) is 6.42 Å². The van der Waals surface area contributed by atoms with Gasteiger partial charge in [0.2, 0.25) is 10.0 Å². The number of piperidine rings is 1. The second kappa shape index (κ2) is 8.57. The van der Waals surface area contributed by atoms with Gasteiger partial charge in [-0.3, -0.25) is 4.79 Å². The molecule has 0 radical (unpaired) electrons. The number of rotatable bonds is 6. The number of methoxy groups -OCH3 is 2. The number of amides is 1. The van der Waals surface area contributed by atoms with Crippen LogP contribution < -0.4 is 14.8 Å². The molecular weight excluding hydrogens is 382 g/mol. The average molecular weight is 405 g/mol. The van der Waals surface area contributed by atoms with Crippen LogP contribution in [0.3, 0.4) is 0 Å². The molecule has 2 aromatic rings. The molecule has 0 saturated carbocycles. The standard InChI is InChI=1S/C19H23N3O5S/c1-26-16-9-8-14(28(24,25)22-11-4-3-5-12-22)13-15(16)19(23)21-18-17(27-2)7-6-10-20-18/h6-10,13H,3-5,11-12H2,1-2H3,(H,20,21,23). The lowest BCUT2D eigenvalue weighted by molar-refractivity contribution is 0.102. The number of nitrogens with one attached hydrogen (secondary N) is 1. The molecule has 2 heterocycles. The van der Waals surface area contributed by atoms with Gasteiger partial charge in [-0.15, -0.1) is 0 Å². The Kier molecular flexibility index (Phi) is 6.15. The van der Waals surface area contributed by atoms with Crippen molar-refractivity contribution in [2.75, 3.05) is 32.6 Å². The summed E-state index contributed by atoms with van der Waals surface area (Å²) in [5, 5.41) is 2.65. The van der Waals surface area contributed by atoms with Crippen LogP contribution in [0.1, 0.15) is 29.6 Å². The SMILES string of the molecule is COc1ccc(S(=O)(=O)N2CCCCC2)cc1C(=O)Nc1ncccc1OC. The third kappa shape index (κ3) is 4.10. The third-order valence-corrected chi connectivity index (χ3v) is 6.49. The number of carbonyl (C=O) groups excluding carboxylic acids is 1. The first-order chi connectivity index (χ1) is 13.5. The van der Waals surface area contributed by atoms with Crippen LogP contribution in [0.4, 0.5) is 5.82 Å². The molecule has 1 aliphatic heterocycles. The number of hydrogen-bond acceptors (Lipinski definition) is 6. The summed E-state index contributed by atoms with van der Waals surface area (Å²) in [6, 6.07) is 7.63.